The van der Waals surface area contributed by atoms with Crippen LogP contribution in [0.3, 0.4) is 0 Å². The van der Waals surface area contributed by atoms with Crippen LogP contribution < -0.4 is 0 Å². The topological polar surface area (TPSA) is 46.6 Å². The Hall–Kier alpha value is -2.46. The Bertz CT molecular complexity index is 844. The largest absolute Gasteiger partial charge is 0.349 e. The fourth-order valence-electron chi connectivity index (χ4n) is 4.90. The third-order valence-electron chi connectivity index (χ3n) is 6.44. The SMILES string of the molecule is C[C@H](C(=O)N1C(Cc2ccccc2)COC1C=O)c1ccccc1C1CCCC1. The molecule has 1 saturated carbocycles. The van der Waals surface area contributed by atoms with Gasteiger partial charge in [-0.2, -0.15) is 0 Å². The Balaban J connectivity index is 1.58. The molecule has 2 fully saturated rings. The lowest BCUT2D eigenvalue weighted by atomic mass is 9.86. The quantitative estimate of drug-likeness (QED) is 0.684. The van der Waals surface area contributed by atoms with Crippen LogP contribution in [0.4, 0.5) is 0 Å². The summed E-state index contributed by atoms with van der Waals surface area (Å²) in [5.41, 5.74) is 3.54. The molecule has 0 bridgehead atoms. The molecule has 1 aliphatic heterocycles. The van der Waals surface area contributed by atoms with Gasteiger partial charge < -0.3 is 9.64 Å². The van der Waals surface area contributed by atoms with Crippen LogP contribution in [0, 0.1) is 0 Å². The van der Waals surface area contributed by atoms with Crippen molar-refractivity contribution < 1.29 is 14.3 Å². The molecule has 3 atom stereocenters. The normalized spacial score (nSPS) is 23.3. The molecule has 4 nitrogen and oxygen atoms in total. The number of nitrogens with zero attached hydrogens (tertiary/aromatic N) is 1. The van der Waals surface area contributed by atoms with E-state index >= 15 is 0 Å². The Morgan fingerprint density at radius 1 is 1.10 bits per heavy atom. The van der Waals surface area contributed by atoms with E-state index in [1.54, 1.807) is 4.90 Å². The molecule has 2 aromatic carbocycles. The van der Waals surface area contributed by atoms with Crippen LogP contribution in [0.25, 0.3) is 0 Å². The molecule has 4 rings (SSSR count). The minimum Gasteiger partial charge on any atom is -0.349 e. The van der Waals surface area contributed by atoms with E-state index in [0.29, 0.717) is 18.9 Å². The van der Waals surface area contributed by atoms with Crippen molar-refractivity contribution in [1.29, 1.82) is 0 Å². The van der Waals surface area contributed by atoms with Crippen LogP contribution in [0.1, 0.15) is 61.1 Å². The minimum absolute atomic E-state index is 0.0222. The molecule has 1 aliphatic carbocycles. The van der Waals surface area contributed by atoms with E-state index in [0.717, 1.165) is 17.4 Å². The maximum atomic E-state index is 13.6. The van der Waals surface area contributed by atoms with E-state index in [1.807, 2.05) is 31.2 Å². The Morgan fingerprint density at radius 3 is 2.52 bits per heavy atom. The molecular formula is C25H29NO3. The van der Waals surface area contributed by atoms with Crippen molar-refractivity contribution >= 4 is 12.2 Å². The van der Waals surface area contributed by atoms with Crippen molar-refractivity contribution in [3.63, 3.8) is 0 Å². The van der Waals surface area contributed by atoms with Gasteiger partial charge in [0.2, 0.25) is 5.91 Å². The second-order valence-electron chi connectivity index (χ2n) is 8.28. The van der Waals surface area contributed by atoms with Crippen LogP contribution in [-0.4, -0.2) is 36.0 Å². The molecular weight excluding hydrogens is 362 g/mol. The van der Waals surface area contributed by atoms with Gasteiger partial charge in [-0.25, -0.2) is 0 Å². The van der Waals surface area contributed by atoms with Gasteiger partial charge in [-0.05, 0) is 48.8 Å². The highest BCUT2D eigenvalue weighted by Gasteiger charge is 2.40. The number of aldehydes is 1. The summed E-state index contributed by atoms with van der Waals surface area (Å²) in [5.74, 6) is 0.221. The first-order valence-corrected chi connectivity index (χ1v) is 10.7. The summed E-state index contributed by atoms with van der Waals surface area (Å²) < 4.78 is 5.67. The van der Waals surface area contributed by atoms with Gasteiger partial charge in [0.25, 0.3) is 0 Å². The first kappa shape index (κ1) is 19.8. The fourth-order valence-corrected chi connectivity index (χ4v) is 4.90. The van der Waals surface area contributed by atoms with Crippen molar-refractivity contribution in [3.05, 3.63) is 71.3 Å². The molecule has 29 heavy (non-hydrogen) atoms. The summed E-state index contributed by atoms with van der Waals surface area (Å²) in [4.78, 5) is 26.9. The van der Waals surface area contributed by atoms with Gasteiger partial charge in [0.05, 0.1) is 18.6 Å². The molecule has 152 valence electrons. The number of hydrogen-bond donors (Lipinski definition) is 0. The maximum Gasteiger partial charge on any atom is 0.232 e. The van der Waals surface area contributed by atoms with E-state index < -0.39 is 6.23 Å². The molecule has 0 spiro atoms. The maximum absolute atomic E-state index is 13.6. The van der Waals surface area contributed by atoms with Crippen molar-refractivity contribution in [2.45, 2.75) is 63.1 Å². The Labute approximate surface area is 172 Å². The minimum atomic E-state index is -0.794. The fraction of sp³-hybridized carbons (Fsp3) is 0.440. The lowest BCUT2D eigenvalue weighted by Crippen LogP contribution is -2.45. The molecule has 1 heterocycles. The highest BCUT2D eigenvalue weighted by atomic mass is 16.5. The number of ether oxygens (including phenoxy) is 1. The molecule has 1 amide bonds. The highest BCUT2D eigenvalue weighted by molar-refractivity contribution is 5.86. The molecule has 4 heteroatoms. The van der Waals surface area contributed by atoms with E-state index in [2.05, 4.69) is 30.3 Å². The molecule has 2 aromatic rings. The third-order valence-corrected chi connectivity index (χ3v) is 6.44. The molecule has 0 radical (unpaired) electrons. The first-order valence-electron chi connectivity index (χ1n) is 10.7. The van der Waals surface area contributed by atoms with Gasteiger partial charge in [0.15, 0.2) is 12.5 Å². The van der Waals surface area contributed by atoms with Gasteiger partial charge in [-0.1, -0.05) is 67.4 Å². The average molecular weight is 392 g/mol. The number of hydrogen-bond acceptors (Lipinski definition) is 3. The van der Waals surface area contributed by atoms with E-state index in [4.69, 9.17) is 4.74 Å². The standard InChI is InChI=1S/C25H29NO3/c1-18(22-13-7-8-14-23(22)20-11-5-6-12-20)25(28)26-21(17-29-24(26)16-27)15-19-9-3-2-4-10-19/h2-4,7-10,13-14,16,18,20-21,24H,5-6,11-12,15,17H2,1H3/t18-,21?,24?/m0/s1. The molecule has 2 unspecified atom stereocenters. The van der Waals surface area contributed by atoms with Crippen LogP contribution in [-0.2, 0) is 20.7 Å². The van der Waals surface area contributed by atoms with E-state index in [-0.39, 0.29) is 17.9 Å². The van der Waals surface area contributed by atoms with Gasteiger partial charge in [0.1, 0.15) is 0 Å². The summed E-state index contributed by atoms with van der Waals surface area (Å²) in [6, 6.07) is 18.3. The summed E-state index contributed by atoms with van der Waals surface area (Å²) >= 11 is 0. The van der Waals surface area contributed by atoms with Crippen molar-refractivity contribution in [2.24, 2.45) is 0 Å². The van der Waals surface area contributed by atoms with Crippen LogP contribution >= 0.6 is 0 Å². The number of benzene rings is 2. The Kier molecular flexibility index (Phi) is 6.10. The predicted molar refractivity (Wildman–Crippen MR) is 113 cm³/mol. The number of amides is 1. The summed E-state index contributed by atoms with van der Waals surface area (Å²) in [6.45, 7) is 2.36. The number of carbonyl (C=O) groups excluding carboxylic acids is 2. The highest BCUT2D eigenvalue weighted by Crippen LogP contribution is 2.38. The van der Waals surface area contributed by atoms with Gasteiger partial charge >= 0.3 is 0 Å². The van der Waals surface area contributed by atoms with Gasteiger partial charge in [0, 0.05) is 0 Å². The average Bonchev–Trinajstić information content (AvgIpc) is 3.43. The molecule has 0 N–H and O–H groups in total. The van der Waals surface area contributed by atoms with Crippen LogP contribution in [0.2, 0.25) is 0 Å². The third kappa shape index (κ3) is 4.13. The number of rotatable bonds is 6. The van der Waals surface area contributed by atoms with Crippen LogP contribution in [0.15, 0.2) is 54.6 Å². The van der Waals surface area contributed by atoms with Crippen molar-refractivity contribution in [3.8, 4) is 0 Å². The van der Waals surface area contributed by atoms with Crippen molar-refractivity contribution in [1.82, 2.24) is 4.90 Å². The lowest BCUT2D eigenvalue weighted by Gasteiger charge is -2.30. The smallest absolute Gasteiger partial charge is 0.232 e. The first-order chi connectivity index (χ1) is 14.2. The second-order valence-corrected chi connectivity index (χ2v) is 8.28. The lowest BCUT2D eigenvalue weighted by molar-refractivity contribution is -0.143. The summed E-state index contributed by atoms with van der Waals surface area (Å²) in [5, 5.41) is 0. The summed E-state index contributed by atoms with van der Waals surface area (Å²) in [7, 11) is 0. The summed E-state index contributed by atoms with van der Waals surface area (Å²) in [6.07, 6.45) is 5.54. The zero-order valence-electron chi connectivity index (χ0n) is 17.0. The zero-order chi connectivity index (χ0) is 20.2. The second kappa shape index (κ2) is 8.91. The van der Waals surface area contributed by atoms with Gasteiger partial charge in [-0.3, -0.25) is 9.59 Å². The number of carbonyl (C=O) groups is 2. The van der Waals surface area contributed by atoms with Crippen LogP contribution in [0.5, 0.6) is 0 Å². The molecule has 1 saturated heterocycles. The molecule has 0 aromatic heterocycles. The predicted octanol–water partition coefficient (Wildman–Crippen LogP) is 4.44. The van der Waals surface area contributed by atoms with Gasteiger partial charge in [-0.15, -0.1) is 0 Å². The molecule has 2 aliphatic rings. The van der Waals surface area contributed by atoms with E-state index in [9.17, 15) is 9.59 Å². The monoisotopic (exact) mass is 391 g/mol. The Morgan fingerprint density at radius 2 is 1.79 bits per heavy atom. The van der Waals surface area contributed by atoms with E-state index in [1.165, 1.54) is 31.2 Å². The zero-order valence-corrected chi connectivity index (χ0v) is 17.0. The van der Waals surface area contributed by atoms with Crippen molar-refractivity contribution in [2.75, 3.05) is 6.61 Å².